The Kier molecular flexibility index (Phi) is 7.02. The van der Waals surface area contributed by atoms with Crippen LogP contribution in [0.5, 0.6) is 0 Å². The van der Waals surface area contributed by atoms with Crippen molar-refractivity contribution in [2.45, 2.75) is 13.8 Å². The minimum Gasteiger partial charge on any atom is -0.329 e. The molecule has 0 aliphatic heterocycles. The normalized spacial score (nSPS) is 10.7. The first kappa shape index (κ1) is 22.2. The van der Waals surface area contributed by atoms with Crippen LogP contribution in [-0.4, -0.2) is 39.6 Å². The molecule has 2 aromatic carbocycles. The number of anilines is 1. The van der Waals surface area contributed by atoms with Crippen LogP contribution in [0.3, 0.4) is 0 Å². The molecule has 0 aliphatic carbocycles. The number of carbonyl (C=O) groups excluding carboxylic acids is 2. The Morgan fingerprint density at radius 1 is 1.10 bits per heavy atom. The van der Waals surface area contributed by atoms with Crippen LogP contribution < -0.4 is 5.32 Å². The van der Waals surface area contributed by atoms with Gasteiger partial charge in [-0.1, -0.05) is 46.9 Å². The largest absolute Gasteiger partial charge is 0.329 e. The molecule has 0 fully saturated rings. The van der Waals surface area contributed by atoms with Gasteiger partial charge in [0.2, 0.25) is 5.91 Å². The summed E-state index contributed by atoms with van der Waals surface area (Å²) in [6, 6.07) is 12.1. The van der Waals surface area contributed by atoms with E-state index in [2.05, 4.69) is 10.4 Å². The highest BCUT2D eigenvalue weighted by Crippen LogP contribution is 2.29. The molecule has 0 saturated heterocycles. The molecule has 0 saturated carbocycles. The summed E-state index contributed by atoms with van der Waals surface area (Å²) in [5.74, 6) is -0.705. The van der Waals surface area contributed by atoms with Gasteiger partial charge >= 0.3 is 0 Å². The summed E-state index contributed by atoms with van der Waals surface area (Å²) in [4.78, 5) is 27.0. The lowest BCUT2D eigenvalue weighted by Gasteiger charge is -2.20. The molecule has 1 aromatic heterocycles. The van der Waals surface area contributed by atoms with Gasteiger partial charge in [-0.25, -0.2) is 4.68 Å². The number of halogens is 3. The Bertz CT molecular complexity index is 1080. The summed E-state index contributed by atoms with van der Waals surface area (Å²) in [6.07, 6.45) is 1.49. The number of likely N-dealkylation sites (N-methyl/N-ethyl adjacent to an activating group) is 1. The van der Waals surface area contributed by atoms with E-state index >= 15 is 0 Å². The first-order valence-corrected chi connectivity index (χ1v) is 10.3. The third-order valence-corrected chi connectivity index (χ3v) is 5.39. The molecular weight excluding hydrogens is 447 g/mol. The van der Waals surface area contributed by atoms with Gasteiger partial charge in [-0.3, -0.25) is 9.59 Å². The first-order chi connectivity index (χ1) is 14.3. The molecule has 156 valence electrons. The molecule has 1 heterocycles. The van der Waals surface area contributed by atoms with Gasteiger partial charge in [0.15, 0.2) is 0 Å². The molecule has 1 N–H and O–H groups in total. The average molecular weight is 466 g/mol. The van der Waals surface area contributed by atoms with E-state index in [1.807, 2.05) is 12.1 Å². The molecule has 30 heavy (non-hydrogen) atoms. The molecule has 3 rings (SSSR count). The quantitative estimate of drug-likeness (QED) is 0.541. The molecule has 0 radical (unpaired) electrons. The van der Waals surface area contributed by atoms with Gasteiger partial charge in [-0.15, -0.1) is 0 Å². The van der Waals surface area contributed by atoms with Crippen molar-refractivity contribution < 1.29 is 9.59 Å². The van der Waals surface area contributed by atoms with Crippen LogP contribution in [0.2, 0.25) is 15.1 Å². The summed E-state index contributed by atoms with van der Waals surface area (Å²) in [5, 5.41) is 8.20. The number of hydrogen-bond acceptors (Lipinski definition) is 3. The molecule has 0 aliphatic rings. The maximum Gasteiger partial charge on any atom is 0.257 e. The average Bonchev–Trinajstić information content (AvgIpc) is 3.10. The molecule has 2 amide bonds. The van der Waals surface area contributed by atoms with Crippen molar-refractivity contribution in [3.8, 4) is 5.69 Å². The van der Waals surface area contributed by atoms with Crippen LogP contribution >= 0.6 is 34.8 Å². The minimum absolute atomic E-state index is 0.154. The molecular formula is C21H19Cl3N4O2. The van der Waals surface area contributed by atoms with Crippen molar-refractivity contribution in [3.63, 3.8) is 0 Å². The fraction of sp³-hybridized carbons (Fsp3) is 0.190. The van der Waals surface area contributed by atoms with E-state index in [0.29, 0.717) is 38.6 Å². The van der Waals surface area contributed by atoms with Gasteiger partial charge in [-0.05, 0) is 44.2 Å². The minimum atomic E-state index is -0.403. The third-order valence-electron chi connectivity index (χ3n) is 4.52. The molecule has 0 atom stereocenters. The maximum absolute atomic E-state index is 13.0. The summed E-state index contributed by atoms with van der Waals surface area (Å²) >= 11 is 18.2. The Labute approximate surface area is 189 Å². The van der Waals surface area contributed by atoms with Crippen molar-refractivity contribution in [3.05, 3.63) is 75.0 Å². The van der Waals surface area contributed by atoms with Crippen LogP contribution in [-0.2, 0) is 4.79 Å². The second kappa shape index (κ2) is 9.51. The second-order valence-corrected chi connectivity index (χ2v) is 7.75. The van der Waals surface area contributed by atoms with Crippen molar-refractivity contribution >= 4 is 52.3 Å². The maximum atomic E-state index is 13.0. The van der Waals surface area contributed by atoms with E-state index in [1.54, 1.807) is 48.9 Å². The lowest BCUT2D eigenvalue weighted by molar-refractivity contribution is -0.116. The highest BCUT2D eigenvalue weighted by molar-refractivity contribution is 6.39. The number of carbonyl (C=O) groups is 2. The van der Waals surface area contributed by atoms with Crippen molar-refractivity contribution in [1.29, 1.82) is 0 Å². The lowest BCUT2D eigenvalue weighted by atomic mass is 10.2. The topological polar surface area (TPSA) is 67.2 Å². The highest BCUT2D eigenvalue weighted by atomic mass is 35.5. The Hall–Kier alpha value is -2.54. The number of aromatic nitrogens is 2. The van der Waals surface area contributed by atoms with Crippen LogP contribution in [0.1, 0.15) is 23.0 Å². The number of amides is 2. The van der Waals surface area contributed by atoms with Crippen LogP contribution in [0.15, 0.2) is 48.7 Å². The fourth-order valence-electron chi connectivity index (χ4n) is 2.95. The number of rotatable bonds is 6. The van der Waals surface area contributed by atoms with Crippen molar-refractivity contribution in [2.24, 2.45) is 0 Å². The molecule has 0 unspecified atom stereocenters. The SMILES string of the molecule is CCN(CC(=O)Nc1c(Cl)cccc1Cl)C(=O)c1cnn(-c2cccc(Cl)c2)c1C. The molecule has 6 nitrogen and oxygen atoms in total. The van der Waals surface area contributed by atoms with Gasteiger partial charge in [0, 0.05) is 11.6 Å². The van der Waals surface area contributed by atoms with Crippen LogP contribution in [0.4, 0.5) is 5.69 Å². The van der Waals surface area contributed by atoms with E-state index in [1.165, 1.54) is 11.1 Å². The van der Waals surface area contributed by atoms with Gasteiger partial charge in [0.05, 0.1) is 38.9 Å². The Balaban J connectivity index is 1.77. The van der Waals surface area contributed by atoms with Gasteiger partial charge < -0.3 is 10.2 Å². The third kappa shape index (κ3) is 4.78. The predicted molar refractivity (Wildman–Crippen MR) is 120 cm³/mol. The van der Waals surface area contributed by atoms with E-state index in [0.717, 1.165) is 5.69 Å². The first-order valence-electron chi connectivity index (χ1n) is 9.15. The van der Waals surface area contributed by atoms with Crippen molar-refractivity contribution in [1.82, 2.24) is 14.7 Å². The van der Waals surface area contributed by atoms with Gasteiger partial charge in [0.1, 0.15) is 6.54 Å². The molecule has 3 aromatic rings. The monoisotopic (exact) mass is 464 g/mol. The Morgan fingerprint density at radius 3 is 2.40 bits per heavy atom. The summed E-state index contributed by atoms with van der Waals surface area (Å²) in [6.45, 7) is 3.77. The molecule has 0 spiro atoms. The number of nitrogens with zero attached hydrogens (tertiary/aromatic N) is 3. The number of para-hydroxylation sites is 1. The van der Waals surface area contributed by atoms with E-state index in [4.69, 9.17) is 34.8 Å². The van der Waals surface area contributed by atoms with E-state index in [9.17, 15) is 9.59 Å². The zero-order chi connectivity index (χ0) is 21.8. The summed E-state index contributed by atoms with van der Waals surface area (Å²) in [7, 11) is 0. The predicted octanol–water partition coefficient (Wildman–Crippen LogP) is 5.24. The number of hydrogen-bond donors (Lipinski definition) is 1. The zero-order valence-corrected chi connectivity index (χ0v) is 18.6. The lowest BCUT2D eigenvalue weighted by Crippen LogP contribution is -2.38. The fourth-order valence-corrected chi connectivity index (χ4v) is 3.63. The van der Waals surface area contributed by atoms with E-state index < -0.39 is 5.91 Å². The van der Waals surface area contributed by atoms with E-state index in [-0.39, 0.29) is 12.5 Å². The smallest absolute Gasteiger partial charge is 0.257 e. The van der Waals surface area contributed by atoms with Gasteiger partial charge in [-0.2, -0.15) is 5.10 Å². The van der Waals surface area contributed by atoms with Crippen LogP contribution in [0.25, 0.3) is 5.69 Å². The van der Waals surface area contributed by atoms with Crippen molar-refractivity contribution in [2.75, 3.05) is 18.4 Å². The number of benzene rings is 2. The van der Waals surface area contributed by atoms with Crippen LogP contribution in [0, 0.1) is 6.92 Å². The van der Waals surface area contributed by atoms with Gasteiger partial charge in [0.25, 0.3) is 5.91 Å². The Morgan fingerprint density at radius 2 is 1.77 bits per heavy atom. The number of nitrogens with one attached hydrogen (secondary N) is 1. The second-order valence-electron chi connectivity index (χ2n) is 6.50. The summed E-state index contributed by atoms with van der Waals surface area (Å²) < 4.78 is 1.64. The molecule has 0 bridgehead atoms. The standard InChI is InChI=1S/C21H19Cl3N4O2/c1-3-27(12-19(29)26-20-17(23)8-5-9-18(20)24)21(30)16-11-25-28(13(16)2)15-7-4-6-14(22)10-15/h4-11H,3,12H2,1-2H3,(H,26,29). The zero-order valence-electron chi connectivity index (χ0n) is 16.3. The highest BCUT2D eigenvalue weighted by Gasteiger charge is 2.23. The summed E-state index contributed by atoms with van der Waals surface area (Å²) in [5.41, 5.74) is 2.11. The molecule has 9 heteroatoms.